The van der Waals surface area contributed by atoms with E-state index in [1.807, 2.05) is 6.26 Å². The lowest BCUT2D eigenvalue weighted by Crippen LogP contribution is -2.55. The van der Waals surface area contributed by atoms with E-state index < -0.39 is 60.7 Å². The van der Waals surface area contributed by atoms with Crippen LogP contribution < -0.4 is 27.4 Å². The number of hydrogen-bond donors (Lipinski definition) is 6. The van der Waals surface area contributed by atoms with Crippen LogP contribution in [-0.4, -0.2) is 71.4 Å². The quantitative estimate of drug-likeness (QED) is 0.184. The van der Waals surface area contributed by atoms with Gasteiger partial charge in [0.25, 0.3) is 0 Å². The lowest BCUT2D eigenvalue weighted by molar-refractivity contribution is -0.143. The van der Waals surface area contributed by atoms with E-state index in [4.69, 9.17) is 11.5 Å². The minimum Gasteiger partial charge on any atom is -0.480 e. The summed E-state index contributed by atoms with van der Waals surface area (Å²) < 4.78 is 0. The Morgan fingerprint density at radius 2 is 1.72 bits per heavy atom. The molecule has 0 spiro atoms. The van der Waals surface area contributed by atoms with E-state index in [9.17, 15) is 29.1 Å². The summed E-state index contributed by atoms with van der Waals surface area (Å²) >= 11 is 1.53. The number of carboxylic acids is 1. The van der Waals surface area contributed by atoms with Crippen molar-refractivity contribution in [2.24, 2.45) is 17.4 Å². The highest BCUT2D eigenvalue weighted by Gasteiger charge is 2.30. The molecule has 0 rings (SSSR count). The second kappa shape index (κ2) is 13.8. The Morgan fingerprint density at radius 1 is 1.10 bits per heavy atom. The number of primary amides is 1. The van der Waals surface area contributed by atoms with Gasteiger partial charge in [-0.2, -0.15) is 11.8 Å². The van der Waals surface area contributed by atoms with E-state index in [1.165, 1.54) is 11.8 Å². The highest BCUT2D eigenvalue weighted by molar-refractivity contribution is 7.98. The number of carbonyl (C=O) groups excluding carboxylic acids is 4. The minimum atomic E-state index is -1.37. The number of hydrogen-bond acceptors (Lipinski definition) is 7. The van der Waals surface area contributed by atoms with Crippen molar-refractivity contribution in [3.05, 3.63) is 0 Å². The predicted molar refractivity (Wildman–Crippen MR) is 109 cm³/mol. The number of amides is 4. The van der Waals surface area contributed by atoms with E-state index in [0.29, 0.717) is 18.6 Å². The second-order valence-corrected chi connectivity index (χ2v) is 7.59. The Bertz CT molecular complexity index is 603. The van der Waals surface area contributed by atoms with Crippen molar-refractivity contribution in [2.75, 3.05) is 18.6 Å². The molecule has 0 aliphatic rings. The van der Waals surface area contributed by atoms with Gasteiger partial charge in [-0.05, 0) is 24.3 Å². The van der Waals surface area contributed by atoms with Gasteiger partial charge in [0.15, 0.2) is 0 Å². The molecule has 4 amide bonds. The molecule has 166 valence electrons. The molecule has 0 heterocycles. The monoisotopic (exact) mass is 433 g/mol. The standard InChI is InChI=1S/C17H31N5O6S/c1-4-9(2)14(17(27)28)22-16(26)11(7-12(19)23)21-13(24)8-20-15(25)10(18)5-6-29-3/h9-11,14H,4-8,18H2,1-3H3,(H2,19,23)(H,20,25)(H,21,24)(H,22,26)(H,27,28). The van der Waals surface area contributed by atoms with Crippen molar-refractivity contribution in [3.8, 4) is 0 Å². The molecule has 12 heteroatoms. The highest BCUT2D eigenvalue weighted by atomic mass is 32.2. The van der Waals surface area contributed by atoms with Crippen LogP contribution in [0.25, 0.3) is 0 Å². The Hall–Kier alpha value is -2.34. The summed E-state index contributed by atoms with van der Waals surface area (Å²) in [7, 11) is 0. The van der Waals surface area contributed by atoms with Crippen LogP contribution in [0.2, 0.25) is 0 Å². The molecule has 0 radical (unpaired) electrons. The van der Waals surface area contributed by atoms with Crippen LogP contribution in [0.15, 0.2) is 0 Å². The molecule has 11 nitrogen and oxygen atoms in total. The summed E-state index contributed by atoms with van der Waals surface area (Å²) in [5, 5.41) is 16.2. The summed E-state index contributed by atoms with van der Waals surface area (Å²) in [6.07, 6.45) is 2.28. The van der Waals surface area contributed by atoms with Crippen molar-refractivity contribution in [1.29, 1.82) is 0 Å². The molecular weight excluding hydrogens is 402 g/mol. The number of nitrogens with one attached hydrogen (secondary N) is 3. The normalized spacial score (nSPS) is 14.8. The van der Waals surface area contributed by atoms with Crippen LogP contribution in [0.3, 0.4) is 0 Å². The highest BCUT2D eigenvalue weighted by Crippen LogP contribution is 2.08. The molecule has 8 N–H and O–H groups in total. The van der Waals surface area contributed by atoms with E-state index >= 15 is 0 Å². The van der Waals surface area contributed by atoms with Crippen LogP contribution in [0.1, 0.15) is 33.1 Å². The van der Waals surface area contributed by atoms with Crippen LogP contribution in [0.4, 0.5) is 0 Å². The second-order valence-electron chi connectivity index (χ2n) is 6.61. The maximum Gasteiger partial charge on any atom is 0.326 e. The van der Waals surface area contributed by atoms with E-state index in [2.05, 4.69) is 16.0 Å². The summed E-state index contributed by atoms with van der Waals surface area (Å²) in [5.74, 6) is -3.90. The Balaban J connectivity index is 4.91. The van der Waals surface area contributed by atoms with Gasteiger partial charge in [-0.25, -0.2) is 4.79 Å². The van der Waals surface area contributed by atoms with Gasteiger partial charge in [0.2, 0.25) is 23.6 Å². The number of carbonyl (C=O) groups is 5. The maximum atomic E-state index is 12.4. The number of nitrogens with two attached hydrogens (primary N) is 2. The van der Waals surface area contributed by atoms with E-state index in [-0.39, 0.29) is 5.92 Å². The molecule has 0 aliphatic heterocycles. The fraction of sp³-hybridized carbons (Fsp3) is 0.706. The van der Waals surface area contributed by atoms with Crippen LogP contribution in [0.5, 0.6) is 0 Å². The zero-order valence-corrected chi connectivity index (χ0v) is 17.7. The Morgan fingerprint density at radius 3 is 2.21 bits per heavy atom. The first-order chi connectivity index (χ1) is 13.5. The van der Waals surface area contributed by atoms with Gasteiger partial charge in [-0.3, -0.25) is 19.2 Å². The minimum absolute atomic E-state index is 0.372. The van der Waals surface area contributed by atoms with E-state index in [1.54, 1.807) is 13.8 Å². The summed E-state index contributed by atoms with van der Waals surface area (Å²) in [6.45, 7) is 2.96. The lowest BCUT2D eigenvalue weighted by atomic mass is 9.98. The molecule has 0 aliphatic carbocycles. The van der Waals surface area contributed by atoms with Gasteiger partial charge < -0.3 is 32.5 Å². The van der Waals surface area contributed by atoms with Gasteiger partial charge >= 0.3 is 5.97 Å². The van der Waals surface area contributed by atoms with Crippen molar-refractivity contribution in [3.63, 3.8) is 0 Å². The molecule has 0 aromatic carbocycles. The molecule has 0 saturated heterocycles. The molecule has 4 atom stereocenters. The first kappa shape index (κ1) is 26.7. The van der Waals surface area contributed by atoms with Crippen molar-refractivity contribution in [1.82, 2.24) is 16.0 Å². The third kappa shape index (κ3) is 10.7. The largest absolute Gasteiger partial charge is 0.480 e. The van der Waals surface area contributed by atoms with Gasteiger partial charge in [-0.15, -0.1) is 0 Å². The van der Waals surface area contributed by atoms with Crippen molar-refractivity contribution in [2.45, 2.75) is 51.2 Å². The Labute approximate surface area is 174 Å². The zero-order valence-electron chi connectivity index (χ0n) is 16.9. The SMILES string of the molecule is CCC(C)C(NC(=O)C(CC(N)=O)NC(=O)CNC(=O)C(N)CCSC)C(=O)O. The zero-order chi connectivity index (χ0) is 22.6. The number of rotatable bonds is 14. The maximum absolute atomic E-state index is 12.4. The molecule has 4 unspecified atom stereocenters. The average Bonchev–Trinajstić information content (AvgIpc) is 2.66. The van der Waals surface area contributed by atoms with Crippen molar-refractivity contribution >= 4 is 41.4 Å². The average molecular weight is 434 g/mol. The molecule has 0 fully saturated rings. The Kier molecular flexibility index (Phi) is 12.7. The molecule has 0 bridgehead atoms. The summed E-state index contributed by atoms with van der Waals surface area (Å²) in [6, 6.07) is -3.33. The van der Waals surface area contributed by atoms with Crippen LogP contribution in [-0.2, 0) is 24.0 Å². The first-order valence-corrected chi connectivity index (χ1v) is 10.6. The van der Waals surface area contributed by atoms with Gasteiger partial charge in [0.05, 0.1) is 19.0 Å². The van der Waals surface area contributed by atoms with Crippen LogP contribution in [0, 0.1) is 5.92 Å². The smallest absolute Gasteiger partial charge is 0.326 e. The number of carboxylic acid groups (broad SMARTS) is 1. The first-order valence-electron chi connectivity index (χ1n) is 9.16. The molecular formula is C17H31N5O6S. The molecule has 0 saturated carbocycles. The summed E-state index contributed by atoms with van der Waals surface area (Å²) in [4.78, 5) is 58.9. The molecule has 0 aromatic rings. The fourth-order valence-electron chi connectivity index (χ4n) is 2.27. The summed E-state index contributed by atoms with van der Waals surface area (Å²) in [5.41, 5.74) is 10.8. The third-order valence-electron chi connectivity index (χ3n) is 4.23. The van der Waals surface area contributed by atoms with E-state index in [0.717, 1.165) is 0 Å². The van der Waals surface area contributed by atoms with Gasteiger partial charge in [0.1, 0.15) is 12.1 Å². The topological polar surface area (TPSA) is 194 Å². The molecule has 29 heavy (non-hydrogen) atoms. The lowest BCUT2D eigenvalue weighted by Gasteiger charge is -2.24. The number of aliphatic carboxylic acids is 1. The van der Waals surface area contributed by atoms with Gasteiger partial charge in [-0.1, -0.05) is 20.3 Å². The number of thioether (sulfide) groups is 1. The fourth-order valence-corrected chi connectivity index (χ4v) is 2.76. The van der Waals surface area contributed by atoms with Crippen molar-refractivity contribution < 1.29 is 29.1 Å². The van der Waals surface area contributed by atoms with Crippen LogP contribution >= 0.6 is 11.8 Å². The predicted octanol–water partition coefficient (Wildman–Crippen LogP) is -1.84. The third-order valence-corrected chi connectivity index (χ3v) is 4.87. The molecule has 0 aromatic heterocycles. The van der Waals surface area contributed by atoms with Gasteiger partial charge in [0, 0.05) is 0 Å².